The van der Waals surface area contributed by atoms with Gasteiger partial charge in [-0.2, -0.15) is 0 Å². The summed E-state index contributed by atoms with van der Waals surface area (Å²) >= 11 is 2.37. The molecule has 5 heteroatoms. The first kappa shape index (κ1) is 16.9. The number of aromatic nitrogens is 2. The molecule has 4 nitrogen and oxygen atoms in total. The van der Waals surface area contributed by atoms with Crippen molar-refractivity contribution in [3.05, 3.63) is 15.1 Å². The summed E-state index contributed by atoms with van der Waals surface area (Å²) in [6, 6.07) is 0. The Hall–Kier alpha value is -0.430. The van der Waals surface area contributed by atoms with Gasteiger partial charge in [-0.15, -0.1) is 0 Å². The van der Waals surface area contributed by atoms with E-state index in [0.29, 0.717) is 6.10 Å². The highest BCUT2D eigenvalue weighted by atomic mass is 127. The van der Waals surface area contributed by atoms with Gasteiger partial charge in [-0.1, -0.05) is 20.3 Å². The van der Waals surface area contributed by atoms with Crippen LogP contribution in [0.5, 0.6) is 0 Å². The Kier molecular flexibility index (Phi) is 7.16. The Morgan fingerprint density at radius 1 is 1.24 bits per heavy atom. The number of nitrogens with zero attached hydrogens (tertiary/aromatic N) is 2. The fourth-order valence-electron chi connectivity index (χ4n) is 2.57. The first-order valence-electron chi connectivity index (χ1n) is 8.15. The Balaban J connectivity index is 2.16. The molecule has 0 amide bonds. The van der Waals surface area contributed by atoms with Crippen LogP contribution in [-0.4, -0.2) is 29.2 Å². The standard InChI is InChI=1S/C16H26IN3O/c1-3-7-13-15(17)16(18-9-4-2)20-14(19-13)11-12-8-5-6-10-21-12/h12H,3-11H2,1-2H3,(H,18,19,20). The van der Waals surface area contributed by atoms with Gasteiger partial charge in [0.25, 0.3) is 0 Å². The molecule has 0 aliphatic carbocycles. The second kappa shape index (κ2) is 8.88. The molecule has 1 atom stereocenters. The first-order chi connectivity index (χ1) is 10.2. The highest BCUT2D eigenvalue weighted by Gasteiger charge is 2.18. The maximum Gasteiger partial charge on any atom is 0.143 e. The summed E-state index contributed by atoms with van der Waals surface area (Å²) in [7, 11) is 0. The van der Waals surface area contributed by atoms with Crippen molar-refractivity contribution in [3.63, 3.8) is 0 Å². The zero-order valence-corrected chi connectivity index (χ0v) is 15.3. The van der Waals surface area contributed by atoms with Gasteiger partial charge in [-0.05, 0) is 54.7 Å². The summed E-state index contributed by atoms with van der Waals surface area (Å²) in [5.41, 5.74) is 1.18. The Labute approximate surface area is 141 Å². The molecule has 1 fully saturated rings. The molecule has 0 aromatic carbocycles. The summed E-state index contributed by atoms with van der Waals surface area (Å²) in [6.45, 7) is 6.21. The molecule has 1 aromatic rings. The van der Waals surface area contributed by atoms with E-state index in [1.807, 2.05) is 0 Å². The molecule has 0 saturated carbocycles. The van der Waals surface area contributed by atoms with E-state index in [9.17, 15) is 0 Å². The summed E-state index contributed by atoms with van der Waals surface area (Å²) in [4.78, 5) is 9.52. The predicted octanol–water partition coefficient (Wildman–Crippen LogP) is 3.97. The van der Waals surface area contributed by atoms with Crippen LogP contribution in [-0.2, 0) is 17.6 Å². The van der Waals surface area contributed by atoms with Gasteiger partial charge >= 0.3 is 0 Å². The number of halogens is 1. The minimum absolute atomic E-state index is 0.298. The van der Waals surface area contributed by atoms with Gasteiger partial charge in [0.2, 0.25) is 0 Å². The van der Waals surface area contributed by atoms with E-state index in [2.05, 4.69) is 41.8 Å². The number of aryl methyl sites for hydroxylation is 1. The Bertz CT molecular complexity index is 447. The number of anilines is 1. The second-order valence-corrected chi connectivity index (χ2v) is 6.70. The zero-order chi connectivity index (χ0) is 15.1. The lowest BCUT2D eigenvalue weighted by Gasteiger charge is -2.22. The SMILES string of the molecule is CCCNc1nc(CC2CCCCO2)nc(CCC)c1I. The van der Waals surface area contributed by atoms with Gasteiger partial charge in [0, 0.05) is 19.6 Å². The quantitative estimate of drug-likeness (QED) is 0.700. The molecule has 1 N–H and O–H groups in total. The maximum atomic E-state index is 5.83. The second-order valence-electron chi connectivity index (χ2n) is 5.62. The molecule has 21 heavy (non-hydrogen) atoms. The normalized spacial score (nSPS) is 18.7. The lowest BCUT2D eigenvalue weighted by molar-refractivity contribution is 0.0156. The molecule has 1 saturated heterocycles. The fourth-order valence-corrected chi connectivity index (χ4v) is 3.27. The van der Waals surface area contributed by atoms with E-state index in [0.717, 1.165) is 56.9 Å². The fraction of sp³-hybridized carbons (Fsp3) is 0.750. The van der Waals surface area contributed by atoms with Crippen molar-refractivity contribution in [1.29, 1.82) is 0 Å². The summed E-state index contributed by atoms with van der Waals surface area (Å²) in [5.74, 6) is 1.94. The van der Waals surface area contributed by atoms with Crippen molar-refractivity contribution in [2.45, 2.75) is 64.9 Å². The van der Waals surface area contributed by atoms with Crippen LogP contribution >= 0.6 is 22.6 Å². The largest absolute Gasteiger partial charge is 0.378 e. The van der Waals surface area contributed by atoms with Crippen LogP contribution in [0.25, 0.3) is 0 Å². The molecular weight excluding hydrogens is 377 g/mol. The first-order valence-corrected chi connectivity index (χ1v) is 9.23. The third-order valence-corrected chi connectivity index (χ3v) is 4.81. The van der Waals surface area contributed by atoms with Crippen LogP contribution in [0, 0.1) is 3.57 Å². The van der Waals surface area contributed by atoms with Crippen LogP contribution in [0.1, 0.15) is 57.5 Å². The zero-order valence-electron chi connectivity index (χ0n) is 13.1. The van der Waals surface area contributed by atoms with Gasteiger partial charge < -0.3 is 10.1 Å². The molecule has 0 radical (unpaired) electrons. The molecule has 1 aromatic heterocycles. The minimum Gasteiger partial charge on any atom is -0.378 e. The van der Waals surface area contributed by atoms with Crippen molar-refractivity contribution in [1.82, 2.24) is 9.97 Å². The highest BCUT2D eigenvalue weighted by Crippen LogP contribution is 2.22. The van der Waals surface area contributed by atoms with E-state index in [1.165, 1.54) is 22.1 Å². The molecule has 0 bridgehead atoms. The topological polar surface area (TPSA) is 47.0 Å². The molecule has 1 aliphatic rings. The molecule has 2 rings (SSSR count). The number of nitrogens with one attached hydrogen (secondary N) is 1. The molecule has 0 spiro atoms. The summed E-state index contributed by atoms with van der Waals surface area (Å²) < 4.78 is 7.01. The summed E-state index contributed by atoms with van der Waals surface area (Å²) in [5, 5.41) is 3.44. The summed E-state index contributed by atoms with van der Waals surface area (Å²) in [6.07, 6.45) is 7.95. The van der Waals surface area contributed by atoms with Crippen molar-refractivity contribution in [2.75, 3.05) is 18.5 Å². The van der Waals surface area contributed by atoms with Crippen LogP contribution in [0.15, 0.2) is 0 Å². The van der Waals surface area contributed by atoms with Gasteiger partial charge in [-0.3, -0.25) is 0 Å². The van der Waals surface area contributed by atoms with Gasteiger partial charge in [0.1, 0.15) is 11.6 Å². The molecule has 2 heterocycles. The van der Waals surface area contributed by atoms with Crippen molar-refractivity contribution >= 4 is 28.4 Å². The van der Waals surface area contributed by atoms with Gasteiger partial charge in [0.05, 0.1) is 15.4 Å². The van der Waals surface area contributed by atoms with Crippen molar-refractivity contribution < 1.29 is 4.74 Å². The predicted molar refractivity (Wildman–Crippen MR) is 94.8 cm³/mol. The number of hydrogen-bond acceptors (Lipinski definition) is 4. The molecule has 1 unspecified atom stereocenters. The average Bonchev–Trinajstić information content (AvgIpc) is 2.50. The van der Waals surface area contributed by atoms with E-state index in [-0.39, 0.29) is 0 Å². The molecular formula is C16H26IN3O. The third-order valence-electron chi connectivity index (χ3n) is 3.68. The number of ether oxygens (including phenoxy) is 1. The van der Waals surface area contributed by atoms with E-state index in [1.54, 1.807) is 0 Å². The van der Waals surface area contributed by atoms with Gasteiger partial charge in [-0.25, -0.2) is 9.97 Å². The van der Waals surface area contributed by atoms with Crippen LogP contribution in [0.2, 0.25) is 0 Å². The highest BCUT2D eigenvalue weighted by molar-refractivity contribution is 14.1. The van der Waals surface area contributed by atoms with E-state index >= 15 is 0 Å². The van der Waals surface area contributed by atoms with Crippen LogP contribution < -0.4 is 5.32 Å². The maximum absolute atomic E-state index is 5.83. The molecule has 1 aliphatic heterocycles. The third kappa shape index (κ3) is 5.06. The lowest BCUT2D eigenvalue weighted by Crippen LogP contribution is -2.23. The van der Waals surface area contributed by atoms with Crippen molar-refractivity contribution in [3.8, 4) is 0 Å². The molecule has 118 valence electrons. The average molecular weight is 403 g/mol. The van der Waals surface area contributed by atoms with Crippen LogP contribution in [0.3, 0.4) is 0 Å². The van der Waals surface area contributed by atoms with E-state index < -0.39 is 0 Å². The number of hydrogen-bond donors (Lipinski definition) is 1. The van der Waals surface area contributed by atoms with Gasteiger partial charge in [0.15, 0.2) is 0 Å². The minimum atomic E-state index is 0.298. The smallest absolute Gasteiger partial charge is 0.143 e. The van der Waals surface area contributed by atoms with E-state index in [4.69, 9.17) is 14.7 Å². The Morgan fingerprint density at radius 2 is 2.10 bits per heavy atom. The Morgan fingerprint density at radius 3 is 2.76 bits per heavy atom. The lowest BCUT2D eigenvalue weighted by atomic mass is 10.1. The van der Waals surface area contributed by atoms with Crippen molar-refractivity contribution in [2.24, 2.45) is 0 Å². The monoisotopic (exact) mass is 403 g/mol. The number of rotatable bonds is 7. The van der Waals surface area contributed by atoms with Crippen LogP contribution in [0.4, 0.5) is 5.82 Å².